The molecular formula is C53H62FN3O9. The first kappa shape index (κ1) is 47.9. The minimum Gasteiger partial charge on any atom is -0.508 e. The van der Waals surface area contributed by atoms with Crippen LogP contribution in [0.3, 0.4) is 0 Å². The third kappa shape index (κ3) is 9.47. The highest BCUT2D eigenvalue weighted by molar-refractivity contribution is 6.06. The molecule has 3 heterocycles. The van der Waals surface area contributed by atoms with E-state index in [1.165, 1.54) is 12.3 Å². The molecule has 66 heavy (non-hydrogen) atoms. The van der Waals surface area contributed by atoms with Crippen molar-refractivity contribution in [2.24, 2.45) is 0 Å². The molecule has 6 aromatic rings. The van der Waals surface area contributed by atoms with Gasteiger partial charge in [0.05, 0.1) is 36.8 Å². The SMILES string of the molecule is CC(C)(C)c1cc(C(C)(C)C)c(NC(=O)c2c[nH]c3ccccc3c2=O)cc1O.CC1(C)Oc2ccc(C3(C(=O)Cc4cc5cc(C(C)(C)CO)n(C[C@@H](O)CO)c5cc4F)CC3)cc2O1. The molecule has 4 aromatic carbocycles. The van der Waals surface area contributed by atoms with Gasteiger partial charge >= 0.3 is 0 Å². The van der Waals surface area contributed by atoms with Crippen molar-refractivity contribution in [2.45, 2.75) is 129 Å². The number of aliphatic hydroxyl groups excluding tert-OH is 3. The number of aromatic nitrogens is 2. The number of nitrogens with zero attached hydrogens (tertiary/aromatic N) is 1. The summed E-state index contributed by atoms with van der Waals surface area (Å²) < 4.78 is 28.7. The van der Waals surface area contributed by atoms with E-state index in [4.69, 9.17) is 9.47 Å². The first-order valence-corrected chi connectivity index (χ1v) is 22.4. The summed E-state index contributed by atoms with van der Waals surface area (Å²) in [4.78, 5) is 42.2. The largest absolute Gasteiger partial charge is 0.508 e. The van der Waals surface area contributed by atoms with E-state index < -0.39 is 41.1 Å². The smallest absolute Gasteiger partial charge is 0.261 e. The van der Waals surface area contributed by atoms with Crippen molar-refractivity contribution in [3.05, 3.63) is 129 Å². The number of benzene rings is 4. The number of rotatable bonds is 11. The summed E-state index contributed by atoms with van der Waals surface area (Å²) in [7, 11) is 0. The third-order valence-corrected chi connectivity index (χ3v) is 12.6. The zero-order chi connectivity index (χ0) is 48.3. The lowest BCUT2D eigenvalue weighted by atomic mass is 9.79. The van der Waals surface area contributed by atoms with Gasteiger partial charge in [0.2, 0.25) is 11.2 Å². The number of hydrogen-bond donors (Lipinski definition) is 6. The Hall–Kier alpha value is -6.02. The van der Waals surface area contributed by atoms with E-state index in [2.05, 4.69) is 10.3 Å². The van der Waals surface area contributed by atoms with Crippen molar-refractivity contribution in [1.29, 1.82) is 0 Å². The molecule has 1 aliphatic heterocycles. The average Bonchev–Trinajstić information content (AvgIpc) is 3.89. The van der Waals surface area contributed by atoms with Crippen LogP contribution in [-0.2, 0) is 39.4 Å². The van der Waals surface area contributed by atoms with Gasteiger partial charge < -0.3 is 44.8 Å². The van der Waals surface area contributed by atoms with E-state index in [0.29, 0.717) is 63.1 Å². The number of ether oxygens (including phenoxy) is 2. The van der Waals surface area contributed by atoms with Gasteiger partial charge in [0.1, 0.15) is 22.9 Å². The highest BCUT2D eigenvalue weighted by Gasteiger charge is 2.51. The lowest BCUT2D eigenvalue weighted by Gasteiger charge is -2.28. The number of halogens is 1. The van der Waals surface area contributed by atoms with Crippen molar-refractivity contribution < 1.29 is 43.9 Å². The summed E-state index contributed by atoms with van der Waals surface area (Å²) in [6.45, 7) is 19.1. The molecule has 13 heteroatoms. The fourth-order valence-corrected chi connectivity index (χ4v) is 8.73. The molecule has 350 valence electrons. The number of nitrogens with one attached hydrogen (secondary N) is 2. The van der Waals surface area contributed by atoms with Gasteiger partial charge in [0.15, 0.2) is 11.5 Å². The van der Waals surface area contributed by atoms with E-state index in [9.17, 15) is 34.8 Å². The standard InChI is InChI=1S/C29H34FNO6.C24H28N2O3/c1-27(2,16-33)25-10-18-9-17(21(30)13-22(18)31(25)14-20(34)15-32)11-26(35)29(7-8-29)19-5-6-23-24(12-19)37-28(3,4)36-23;1-23(2,3)16-11-17(24(4,5)6)20(27)12-19(16)26-22(29)15-13-25-18-10-8-7-9-14(18)21(15)28/h5-6,9-10,12-13,20,32-34H,7-8,11,14-16H2,1-4H3;7-13,27H,1-6H3,(H,25,28)(H,26,29)/t20-;/m1./s1. The third-order valence-electron chi connectivity index (χ3n) is 12.6. The fourth-order valence-electron chi connectivity index (χ4n) is 8.73. The second-order valence-electron chi connectivity index (χ2n) is 20.9. The lowest BCUT2D eigenvalue weighted by Crippen LogP contribution is -2.29. The number of carbonyl (C=O) groups excluding carboxylic acids is 2. The van der Waals surface area contributed by atoms with E-state index in [1.807, 2.05) is 106 Å². The summed E-state index contributed by atoms with van der Waals surface area (Å²) >= 11 is 0. The van der Waals surface area contributed by atoms with Gasteiger partial charge in [-0.1, -0.05) is 73.6 Å². The second kappa shape index (κ2) is 17.3. The molecule has 2 aromatic heterocycles. The Bertz CT molecular complexity index is 2910. The molecule has 6 N–H and O–H groups in total. The van der Waals surface area contributed by atoms with Gasteiger partial charge in [-0.25, -0.2) is 4.39 Å². The van der Waals surface area contributed by atoms with Crippen LogP contribution >= 0.6 is 0 Å². The van der Waals surface area contributed by atoms with Gasteiger partial charge in [0, 0.05) is 65.6 Å². The van der Waals surface area contributed by atoms with Crippen LogP contribution < -0.4 is 20.2 Å². The quantitative estimate of drug-likeness (QED) is 0.0740. The summed E-state index contributed by atoms with van der Waals surface area (Å²) in [5.74, 6) is -0.442. The van der Waals surface area contributed by atoms with Crippen LogP contribution in [0.4, 0.5) is 10.1 Å². The number of anilines is 1. The van der Waals surface area contributed by atoms with Crippen LogP contribution in [0.5, 0.6) is 17.2 Å². The predicted molar refractivity (Wildman–Crippen MR) is 255 cm³/mol. The van der Waals surface area contributed by atoms with Crippen LogP contribution in [0, 0.1) is 5.82 Å². The van der Waals surface area contributed by atoms with Gasteiger partial charge in [0.25, 0.3) is 5.91 Å². The van der Waals surface area contributed by atoms with Crippen LogP contribution in [0.25, 0.3) is 21.8 Å². The zero-order valence-electron chi connectivity index (χ0n) is 39.5. The Morgan fingerprint density at radius 1 is 0.879 bits per heavy atom. The molecule has 1 aliphatic carbocycles. The molecule has 1 amide bonds. The number of H-pyrrole nitrogens is 1. The van der Waals surface area contributed by atoms with Crippen LogP contribution in [0.15, 0.2) is 83.8 Å². The fraction of sp³-hybridized carbons (Fsp3) is 0.415. The highest BCUT2D eigenvalue weighted by Crippen LogP contribution is 2.52. The maximum absolute atomic E-state index is 15.4. The normalized spacial score (nSPS) is 15.6. The molecule has 2 aliphatic rings. The minimum atomic E-state index is -1.03. The number of aromatic hydroxyl groups is 1. The Balaban J connectivity index is 0.000000203. The topological polar surface area (TPSA) is 183 Å². The molecular weight excluding hydrogens is 842 g/mol. The number of ketones is 1. The van der Waals surface area contributed by atoms with Crippen molar-refractivity contribution in [3.8, 4) is 17.2 Å². The molecule has 0 unspecified atom stereocenters. The van der Waals surface area contributed by atoms with Gasteiger partial charge in [-0.05, 0) is 94.5 Å². The number of para-hydroxylation sites is 1. The number of pyridine rings is 1. The number of carbonyl (C=O) groups is 2. The zero-order valence-corrected chi connectivity index (χ0v) is 39.5. The minimum absolute atomic E-state index is 0.0305. The number of phenolic OH excluding ortho intramolecular Hbond substituents is 1. The van der Waals surface area contributed by atoms with E-state index in [0.717, 1.165) is 16.7 Å². The molecule has 1 fully saturated rings. The van der Waals surface area contributed by atoms with Crippen molar-refractivity contribution in [3.63, 3.8) is 0 Å². The lowest BCUT2D eigenvalue weighted by molar-refractivity contribution is -0.120. The van der Waals surface area contributed by atoms with Crippen LogP contribution in [-0.4, -0.2) is 66.8 Å². The van der Waals surface area contributed by atoms with Gasteiger partial charge in [-0.15, -0.1) is 0 Å². The maximum atomic E-state index is 15.4. The molecule has 12 nitrogen and oxygen atoms in total. The molecule has 1 atom stereocenters. The predicted octanol–water partition coefficient (Wildman–Crippen LogP) is 8.84. The molecule has 0 spiro atoms. The summed E-state index contributed by atoms with van der Waals surface area (Å²) in [6, 6.07) is 21.1. The van der Waals surface area contributed by atoms with Crippen LogP contribution in [0.2, 0.25) is 0 Å². The van der Waals surface area contributed by atoms with Crippen molar-refractivity contribution in [2.75, 3.05) is 18.5 Å². The van der Waals surface area contributed by atoms with Crippen molar-refractivity contribution >= 4 is 39.2 Å². The van der Waals surface area contributed by atoms with Gasteiger partial charge in [-0.3, -0.25) is 14.4 Å². The monoisotopic (exact) mass is 903 g/mol. The molecule has 8 rings (SSSR count). The first-order chi connectivity index (χ1) is 30.8. The Morgan fingerprint density at radius 3 is 2.18 bits per heavy atom. The van der Waals surface area contributed by atoms with Crippen molar-refractivity contribution in [1.82, 2.24) is 9.55 Å². The number of Topliss-reactive ketones (excluding diaryl/α,β-unsaturated/α-hetero) is 1. The number of phenols is 1. The number of aromatic amines is 1. The molecule has 1 saturated carbocycles. The van der Waals surface area contributed by atoms with Crippen LogP contribution in [0.1, 0.15) is 120 Å². The summed E-state index contributed by atoms with van der Waals surface area (Å²) in [5, 5.41) is 44.0. The number of hydrogen-bond acceptors (Lipinski definition) is 9. The second-order valence-corrected chi connectivity index (χ2v) is 20.9. The molecule has 0 radical (unpaired) electrons. The van der Waals surface area contributed by atoms with E-state index >= 15 is 4.39 Å². The molecule has 0 bridgehead atoms. The van der Waals surface area contributed by atoms with Gasteiger partial charge in [-0.2, -0.15) is 0 Å². The Labute approximate surface area is 384 Å². The maximum Gasteiger partial charge on any atom is 0.261 e. The average molecular weight is 904 g/mol. The first-order valence-electron chi connectivity index (χ1n) is 22.4. The number of fused-ring (bicyclic) bond motifs is 3. The van der Waals surface area contributed by atoms with E-state index in [-0.39, 0.29) is 52.9 Å². The summed E-state index contributed by atoms with van der Waals surface area (Å²) in [5.41, 5.74) is 3.15. The Morgan fingerprint density at radius 2 is 1.55 bits per heavy atom. The number of amides is 1. The summed E-state index contributed by atoms with van der Waals surface area (Å²) in [6.07, 6.45) is 1.74. The van der Waals surface area contributed by atoms with E-state index in [1.54, 1.807) is 34.9 Å². The molecule has 0 saturated heterocycles. The highest BCUT2D eigenvalue weighted by atomic mass is 19.1. The Kier molecular flexibility index (Phi) is 12.6. The number of aliphatic hydroxyl groups is 3.